The molecule has 0 heterocycles. The summed E-state index contributed by atoms with van der Waals surface area (Å²) in [6.07, 6.45) is -0.646. The number of nitrogens with one attached hydrogen (secondary N) is 1. The van der Waals surface area contributed by atoms with Crippen LogP contribution in [0.25, 0.3) is 0 Å². The van der Waals surface area contributed by atoms with E-state index >= 15 is 0 Å². The molecule has 0 fully saturated rings. The maximum atomic E-state index is 11.6. The lowest BCUT2D eigenvalue weighted by atomic mass is 9.95. The number of aliphatic hydroxyl groups excluding tert-OH is 1. The minimum absolute atomic E-state index is 0.0533. The van der Waals surface area contributed by atoms with Crippen molar-refractivity contribution < 1.29 is 9.90 Å². The number of carbonyl (C=O) groups is 1. The SMILES string of the molecule is CC(C)(C)C(=O)NCC(O)c1ccccc1. The Labute approximate surface area is 96.5 Å². The molecule has 0 aromatic heterocycles. The standard InChI is InChI=1S/C13H19NO2/c1-13(2,3)12(16)14-9-11(15)10-7-5-4-6-8-10/h4-8,11,15H,9H2,1-3H3,(H,14,16). The summed E-state index contributed by atoms with van der Waals surface area (Å²) in [5.74, 6) is -0.0533. The van der Waals surface area contributed by atoms with Crippen molar-refractivity contribution in [1.29, 1.82) is 0 Å². The number of aliphatic hydroxyl groups is 1. The summed E-state index contributed by atoms with van der Waals surface area (Å²) in [5, 5.41) is 12.6. The molecule has 1 aromatic carbocycles. The van der Waals surface area contributed by atoms with Gasteiger partial charge in [-0.05, 0) is 5.56 Å². The minimum atomic E-state index is -0.646. The molecule has 1 amide bonds. The van der Waals surface area contributed by atoms with E-state index < -0.39 is 11.5 Å². The van der Waals surface area contributed by atoms with Crippen LogP contribution in [-0.4, -0.2) is 17.6 Å². The molecule has 0 spiro atoms. The Morgan fingerprint density at radius 3 is 2.38 bits per heavy atom. The van der Waals surface area contributed by atoms with Crippen molar-refractivity contribution in [2.45, 2.75) is 26.9 Å². The normalized spacial score (nSPS) is 13.2. The van der Waals surface area contributed by atoms with Crippen molar-refractivity contribution in [2.24, 2.45) is 5.41 Å². The lowest BCUT2D eigenvalue weighted by molar-refractivity contribution is -0.128. The van der Waals surface area contributed by atoms with Crippen molar-refractivity contribution in [3.8, 4) is 0 Å². The summed E-state index contributed by atoms with van der Waals surface area (Å²) < 4.78 is 0. The second-order valence-corrected chi connectivity index (χ2v) is 4.89. The van der Waals surface area contributed by atoms with Crippen molar-refractivity contribution in [2.75, 3.05) is 6.54 Å². The predicted octanol–water partition coefficient (Wildman–Crippen LogP) is 1.88. The number of rotatable bonds is 3. The van der Waals surface area contributed by atoms with Crippen LogP contribution in [0.2, 0.25) is 0 Å². The summed E-state index contributed by atoms with van der Waals surface area (Å²) in [6.45, 7) is 5.78. The second kappa shape index (κ2) is 5.12. The van der Waals surface area contributed by atoms with Gasteiger partial charge in [-0.15, -0.1) is 0 Å². The van der Waals surface area contributed by atoms with Crippen LogP contribution in [0.3, 0.4) is 0 Å². The van der Waals surface area contributed by atoms with Crippen LogP contribution in [0.15, 0.2) is 30.3 Å². The van der Waals surface area contributed by atoms with E-state index in [-0.39, 0.29) is 12.5 Å². The first-order chi connectivity index (χ1) is 7.41. The smallest absolute Gasteiger partial charge is 0.225 e. The van der Waals surface area contributed by atoms with E-state index in [0.29, 0.717) is 0 Å². The highest BCUT2D eigenvalue weighted by Crippen LogP contribution is 2.14. The molecule has 0 bridgehead atoms. The van der Waals surface area contributed by atoms with Crippen LogP contribution in [-0.2, 0) is 4.79 Å². The average molecular weight is 221 g/mol. The van der Waals surface area contributed by atoms with Crippen molar-refractivity contribution in [3.63, 3.8) is 0 Å². The van der Waals surface area contributed by atoms with Gasteiger partial charge in [-0.3, -0.25) is 4.79 Å². The number of benzene rings is 1. The van der Waals surface area contributed by atoms with E-state index in [1.807, 2.05) is 51.1 Å². The Balaban J connectivity index is 2.48. The Morgan fingerprint density at radius 2 is 1.88 bits per heavy atom. The molecule has 3 nitrogen and oxygen atoms in total. The summed E-state index contributed by atoms with van der Waals surface area (Å²) >= 11 is 0. The Kier molecular flexibility index (Phi) is 4.07. The molecule has 1 rings (SSSR count). The number of hydrogen-bond donors (Lipinski definition) is 2. The molecule has 2 N–H and O–H groups in total. The van der Waals surface area contributed by atoms with E-state index in [2.05, 4.69) is 5.32 Å². The molecule has 0 saturated heterocycles. The molecular weight excluding hydrogens is 202 g/mol. The highest BCUT2D eigenvalue weighted by atomic mass is 16.3. The van der Waals surface area contributed by atoms with Gasteiger partial charge >= 0.3 is 0 Å². The van der Waals surface area contributed by atoms with Gasteiger partial charge in [0.1, 0.15) is 0 Å². The number of carbonyl (C=O) groups excluding carboxylic acids is 1. The molecule has 1 unspecified atom stereocenters. The minimum Gasteiger partial charge on any atom is -0.387 e. The van der Waals surface area contributed by atoms with Gasteiger partial charge in [0.05, 0.1) is 6.10 Å². The fraction of sp³-hybridized carbons (Fsp3) is 0.462. The second-order valence-electron chi connectivity index (χ2n) is 4.89. The van der Waals surface area contributed by atoms with Gasteiger partial charge in [0.2, 0.25) is 5.91 Å². The van der Waals surface area contributed by atoms with Crippen LogP contribution in [0.5, 0.6) is 0 Å². The summed E-state index contributed by atoms with van der Waals surface area (Å²) in [7, 11) is 0. The largest absolute Gasteiger partial charge is 0.387 e. The monoisotopic (exact) mass is 221 g/mol. The molecule has 0 aliphatic carbocycles. The Morgan fingerprint density at radius 1 is 1.31 bits per heavy atom. The molecule has 0 radical (unpaired) electrons. The third-order valence-electron chi connectivity index (χ3n) is 2.32. The maximum absolute atomic E-state index is 11.6. The molecular formula is C13H19NO2. The van der Waals surface area contributed by atoms with Crippen LogP contribution >= 0.6 is 0 Å². The number of hydrogen-bond acceptors (Lipinski definition) is 2. The van der Waals surface area contributed by atoms with Gasteiger partial charge < -0.3 is 10.4 Å². The first-order valence-electron chi connectivity index (χ1n) is 5.42. The van der Waals surface area contributed by atoms with Crippen molar-refractivity contribution in [1.82, 2.24) is 5.32 Å². The van der Waals surface area contributed by atoms with E-state index in [1.165, 1.54) is 0 Å². The van der Waals surface area contributed by atoms with Gasteiger partial charge in [0.15, 0.2) is 0 Å². The van der Waals surface area contributed by atoms with Crippen molar-refractivity contribution in [3.05, 3.63) is 35.9 Å². The molecule has 88 valence electrons. The highest BCUT2D eigenvalue weighted by molar-refractivity contribution is 5.81. The lowest BCUT2D eigenvalue weighted by Gasteiger charge is -2.19. The average Bonchev–Trinajstić information content (AvgIpc) is 2.25. The van der Waals surface area contributed by atoms with Gasteiger partial charge in [0.25, 0.3) is 0 Å². The molecule has 1 aromatic rings. The fourth-order valence-electron chi connectivity index (χ4n) is 1.25. The van der Waals surface area contributed by atoms with Crippen LogP contribution < -0.4 is 5.32 Å². The van der Waals surface area contributed by atoms with Gasteiger partial charge in [-0.2, -0.15) is 0 Å². The fourth-order valence-corrected chi connectivity index (χ4v) is 1.25. The summed E-state index contributed by atoms with van der Waals surface area (Å²) in [5.41, 5.74) is 0.396. The van der Waals surface area contributed by atoms with Gasteiger partial charge in [-0.1, -0.05) is 51.1 Å². The van der Waals surface area contributed by atoms with Gasteiger partial charge in [-0.25, -0.2) is 0 Å². The molecule has 3 heteroatoms. The van der Waals surface area contributed by atoms with Crippen LogP contribution in [0.4, 0.5) is 0 Å². The predicted molar refractivity (Wildman–Crippen MR) is 63.9 cm³/mol. The zero-order valence-corrected chi connectivity index (χ0v) is 10.0. The lowest BCUT2D eigenvalue weighted by Crippen LogP contribution is -2.37. The van der Waals surface area contributed by atoms with Crippen LogP contribution in [0, 0.1) is 5.41 Å². The van der Waals surface area contributed by atoms with E-state index in [0.717, 1.165) is 5.56 Å². The Bertz CT molecular complexity index is 341. The number of amides is 1. The zero-order valence-electron chi connectivity index (χ0n) is 10.0. The quantitative estimate of drug-likeness (QED) is 0.818. The Hall–Kier alpha value is -1.35. The van der Waals surface area contributed by atoms with Crippen molar-refractivity contribution >= 4 is 5.91 Å². The molecule has 0 saturated carbocycles. The summed E-state index contributed by atoms with van der Waals surface area (Å²) in [6, 6.07) is 9.31. The molecule has 1 atom stereocenters. The highest BCUT2D eigenvalue weighted by Gasteiger charge is 2.21. The maximum Gasteiger partial charge on any atom is 0.225 e. The van der Waals surface area contributed by atoms with Crippen LogP contribution in [0.1, 0.15) is 32.4 Å². The molecule has 0 aliphatic heterocycles. The molecule has 0 aliphatic rings. The van der Waals surface area contributed by atoms with Gasteiger partial charge in [0, 0.05) is 12.0 Å². The van der Waals surface area contributed by atoms with E-state index in [4.69, 9.17) is 0 Å². The van der Waals surface area contributed by atoms with E-state index in [1.54, 1.807) is 0 Å². The van der Waals surface area contributed by atoms with E-state index in [9.17, 15) is 9.90 Å². The first-order valence-corrected chi connectivity index (χ1v) is 5.42. The third kappa shape index (κ3) is 3.66. The third-order valence-corrected chi connectivity index (χ3v) is 2.32. The topological polar surface area (TPSA) is 49.3 Å². The zero-order chi connectivity index (χ0) is 12.2. The molecule has 16 heavy (non-hydrogen) atoms. The first kappa shape index (κ1) is 12.7. The summed E-state index contributed by atoms with van der Waals surface area (Å²) in [4.78, 5) is 11.6.